The van der Waals surface area contributed by atoms with E-state index in [2.05, 4.69) is 6.92 Å². The Morgan fingerprint density at radius 2 is 1.10 bits per heavy atom. The van der Waals surface area contributed by atoms with Crippen molar-refractivity contribution in [2.45, 2.75) is 97.3 Å². The molecule has 20 heavy (non-hydrogen) atoms. The van der Waals surface area contributed by atoms with Gasteiger partial charge in [0.1, 0.15) is 0 Å². The average molecular weight is 350 g/mol. The number of hydrogen-bond donors (Lipinski definition) is 1. The van der Waals surface area contributed by atoms with E-state index < -0.39 is 0 Å². The molecule has 0 aliphatic heterocycles. The van der Waals surface area contributed by atoms with Crippen LogP contribution in [0, 0.1) is 0 Å². The Bertz CT molecular complexity index is 197. The molecule has 0 atom stereocenters. The SMILES string of the molecule is CCCCCCCCCCCCCCOC(=[NH2+])CC.[Br-]. The summed E-state index contributed by atoms with van der Waals surface area (Å²) in [5.41, 5.74) is 0. The minimum Gasteiger partial charge on any atom is -1.00 e. The molecule has 3 heteroatoms. The summed E-state index contributed by atoms with van der Waals surface area (Å²) in [4.78, 5) is 0. The van der Waals surface area contributed by atoms with E-state index >= 15 is 0 Å². The molecule has 0 aromatic heterocycles. The third kappa shape index (κ3) is 17.9. The molecule has 0 bridgehead atoms. The maximum atomic E-state index is 5.61. The van der Waals surface area contributed by atoms with Crippen molar-refractivity contribution in [1.82, 2.24) is 0 Å². The molecular weight excluding hydrogens is 314 g/mol. The largest absolute Gasteiger partial charge is 1.00 e. The van der Waals surface area contributed by atoms with Crippen molar-refractivity contribution in [3.05, 3.63) is 0 Å². The van der Waals surface area contributed by atoms with Crippen molar-refractivity contribution in [3.63, 3.8) is 0 Å². The van der Waals surface area contributed by atoms with Crippen molar-refractivity contribution < 1.29 is 27.1 Å². The van der Waals surface area contributed by atoms with Crippen LogP contribution in [-0.4, -0.2) is 12.5 Å². The summed E-state index contributed by atoms with van der Waals surface area (Å²) >= 11 is 0. The minimum atomic E-state index is 0. The summed E-state index contributed by atoms with van der Waals surface area (Å²) in [7, 11) is 0. The predicted molar refractivity (Wildman–Crippen MR) is 84.3 cm³/mol. The maximum absolute atomic E-state index is 5.61. The highest BCUT2D eigenvalue weighted by Gasteiger charge is 1.98. The number of halogens is 1. The van der Waals surface area contributed by atoms with Gasteiger partial charge in [0.15, 0.2) is 0 Å². The van der Waals surface area contributed by atoms with Crippen molar-refractivity contribution in [1.29, 1.82) is 0 Å². The molecule has 0 aromatic rings. The lowest BCUT2D eigenvalue weighted by Crippen LogP contribution is -3.00. The first-order chi connectivity index (χ1) is 9.31. The second-order valence-corrected chi connectivity index (χ2v) is 5.56. The van der Waals surface area contributed by atoms with Crippen LogP contribution >= 0.6 is 0 Å². The van der Waals surface area contributed by atoms with Crippen LogP contribution in [0.2, 0.25) is 0 Å². The van der Waals surface area contributed by atoms with E-state index in [4.69, 9.17) is 10.1 Å². The molecule has 0 aliphatic rings. The lowest BCUT2D eigenvalue weighted by molar-refractivity contribution is -0.143. The molecule has 0 radical (unpaired) electrons. The number of hydrogen-bond acceptors (Lipinski definition) is 1. The molecule has 2 N–H and O–H groups in total. The molecule has 0 aromatic carbocycles. The highest BCUT2D eigenvalue weighted by Crippen LogP contribution is 2.11. The molecule has 0 saturated heterocycles. The van der Waals surface area contributed by atoms with Crippen molar-refractivity contribution in [2.75, 3.05) is 6.61 Å². The van der Waals surface area contributed by atoms with Crippen LogP contribution in [0.15, 0.2) is 0 Å². The van der Waals surface area contributed by atoms with E-state index in [1.807, 2.05) is 6.92 Å². The van der Waals surface area contributed by atoms with E-state index in [9.17, 15) is 0 Å². The van der Waals surface area contributed by atoms with Crippen LogP contribution in [0.5, 0.6) is 0 Å². The first kappa shape index (κ1) is 22.2. The summed E-state index contributed by atoms with van der Waals surface area (Å²) in [5, 5.41) is 5.61. The van der Waals surface area contributed by atoms with E-state index in [-0.39, 0.29) is 17.0 Å². The van der Waals surface area contributed by atoms with Gasteiger partial charge < -0.3 is 21.7 Å². The van der Waals surface area contributed by atoms with Gasteiger partial charge in [-0.05, 0) is 6.42 Å². The Kier molecular flexibility index (Phi) is 21.1. The fourth-order valence-corrected chi connectivity index (χ4v) is 2.25. The molecule has 0 fully saturated rings. The molecule has 2 nitrogen and oxygen atoms in total. The third-order valence-corrected chi connectivity index (χ3v) is 3.63. The highest BCUT2D eigenvalue weighted by molar-refractivity contribution is 5.68. The molecular formula is C17H36BrNO. The topological polar surface area (TPSA) is 34.8 Å². The normalized spacial score (nSPS) is 10.1. The van der Waals surface area contributed by atoms with Crippen LogP contribution in [0.4, 0.5) is 0 Å². The van der Waals surface area contributed by atoms with Gasteiger partial charge in [0.25, 0.3) is 0 Å². The summed E-state index contributed by atoms with van der Waals surface area (Å²) in [6.07, 6.45) is 17.4. The molecule has 0 amide bonds. The summed E-state index contributed by atoms with van der Waals surface area (Å²) in [6, 6.07) is 0. The zero-order chi connectivity index (χ0) is 14.2. The first-order valence-corrected chi connectivity index (χ1v) is 8.55. The summed E-state index contributed by atoms with van der Waals surface area (Å²) in [6.45, 7) is 5.11. The predicted octanol–water partition coefficient (Wildman–Crippen LogP) is 1.28. The Hall–Kier alpha value is -0.0500. The molecule has 0 saturated carbocycles. The maximum Gasteiger partial charge on any atom is 0.332 e. The summed E-state index contributed by atoms with van der Waals surface area (Å²) < 4.78 is 5.38. The smallest absolute Gasteiger partial charge is 0.332 e. The van der Waals surface area contributed by atoms with Gasteiger partial charge in [-0.1, -0.05) is 84.5 Å². The van der Waals surface area contributed by atoms with Gasteiger partial charge in [-0.25, -0.2) is 5.41 Å². The highest BCUT2D eigenvalue weighted by atomic mass is 79.9. The Morgan fingerprint density at radius 1 is 0.700 bits per heavy atom. The molecule has 0 spiro atoms. The van der Waals surface area contributed by atoms with Crippen LogP contribution in [0.1, 0.15) is 97.3 Å². The number of rotatable bonds is 14. The Labute approximate surface area is 137 Å². The molecule has 0 aliphatic carbocycles. The standard InChI is InChI=1S/C17H35NO.BrH/c1-3-5-6-7-8-9-10-11-12-13-14-15-16-19-17(18)4-2;/h18H,3-16H2,1-2H3;1H. The lowest BCUT2D eigenvalue weighted by Gasteiger charge is -2.03. The fourth-order valence-electron chi connectivity index (χ4n) is 2.25. The van der Waals surface area contributed by atoms with Gasteiger partial charge in [-0.3, -0.25) is 0 Å². The zero-order valence-electron chi connectivity index (χ0n) is 13.8. The third-order valence-electron chi connectivity index (χ3n) is 3.63. The Morgan fingerprint density at radius 3 is 1.50 bits per heavy atom. The van der Waals surface area contributed by atoms with Crippen molar-refractivity contribution in [2.24, 2.45) is 0 Å². The van der Waals surface area contributed by atoms with Gasteiger partial charge in [-0.15, -0.1) is 0 Å². The second-order valence-electron chi connectivity index (χ2n) is 5.56. The molecule has 122 valence electrons. The van der Waals surface area contributed by atoms with Gasteiger partial charge >= 0.3 is 5.90 Å². The number of ether oxygens (including phenoxy) is 1. The van der Waals surface area contributed by atoms with Crippen molar-refractivity contribution >= 4 is 5.90 Å². The average Bonchev–Trinajstić information content (AvgIpc) is 2.43. The van der Waals surface area contributed by atoms with E-state index in [1.54, 1.807) is 0 Å². The fraction of sp³-hybridized carbons (Fsp3) is 0.941. The molecule has 0 heterocycles. The second kappa shape index (κ2) is 18.9. The van der Waals surface area contributed by atoms with E-state index in [0.29, 0.717) is 5.90 Å². The van der Waals surface area contributed by atoms with Crippen molar-refractivity contribution in [3.8, 4) is 0 Å². The quantitative estimate of drug-likeness (QED) is 0.286. The van der Waals surface area contributed by atoms with E-state index in [0.717, 1.165) is 19.4 Å². The lowest BCUT2D eigenvalue weighted by atomic mass is 10.1. The van der Waals surface area contributed by atoms with Crippen LogP contribution < -0.4 is 22.4 Å². The van der Waals surface area contributed by atoms with Gasteiger partial charge in [-0.2, -0.15) is 0 Å². The van der Waals surface area contributed by atoms with Crippen LogP contribution in [0.3, 0.4) is 0 Å². The molecule has 0 rings (SSSR count). The van der Waals surface area contributed by atoms with Crippen LogP contribution in [-0.2, 0) is 4.74 Å². The van der Waals surface area contributed by atoms with Gasteiger partial charge in [0.2, 0.25) is 0 Å². The van der Waals surface area contributed by atoms with E-state index in [1.165, 1.54) is 70.6 Å². The van der Waals surface area contributed by atoms with Gasteiger partial charge in [0, 0.05) is 0 Å². The minimum absolute atomic E-state index is 0. The van der Waals surface area contributed by atoms with Gasteiger partial charge in [0.05, 0.1) is 13.0 Å². The Balaban J connectivity index is 0. The first-order valence-electron chi connectivity index (χ1n) is 8.55. The molecule has 0 unspecified atom stereocenters. The number of nitrogens with two attached hydrogens (primary N) is 1. The number of unbranched alkanes of at least 4 members (excludes halogenated alkanes) is 11. The van der Waals surface area contributed by atoms with Crippen LogP contribution in [0.25, 0.3) is 0 Å². The monoisotopic (exact) mass is 349 g/mol. The summed E-state index contributed by atoms with van der Waals surface area (Å²) in [5.74, 6) is 0.683. The zero-order valence-corrected chi connectivity index (χ0v) is 15.3.